The van der Waals surface area contributed by atoms with E-state index < -0.39 is 11.6 Å². The molecule has 0 radical (unpaired) electrons. The van der Waals surface area contributed by atoms with Crippen molar-refractivity contribution in [3.05, 3.63) is 59.1 Å². The molecule has 0 fully saturated rings. The van der Waals surface area contributed by atoms with E-state index in [1.54, 1.807) is 11.3 Å². The molecule has 2 nitrogen and oxygen atoms in total. The van der Waals surface area contributed by atoms with Gasteiger partial charge in [-0.2, -0.15) is 0 Å². The van der Waals surface area contributed by atoms with Crippen LogP contribution in [0, 0.1) is 11.6 Å². The first kappa shape index (κ1) is 13.0. The molecule has 0 spiro atoms. The van der Waals surface area contributed by atoms with Gasteiger partial charge in [0.25, 0.3) is 0 Å². The van der Waals surface area contributed by atoms with Crippen molar-refractivity contribution in [1.29, 1.82) is 0 Å². The van der Waals surface area contributed by atoms with Crippen molar-refractivity contribution in [2.24, 2.45) is 0 Å². The third kappa shape index (κ3) is 2.36. The highest BCUT2D eigenvalue weighted by Gasteiger charge is 2.14. The van der Waals surface area contributed by atoms with Crippen molar-refractivity contribution < 1.29 is 8.78 Å². The average Bonchev–Trinajstić information content (AvgIpc) is 2.88. The van der Waals surface area contributed by atoms with Gasteiger partial charge in [-0.05, 0) is 31.2 Å². The Hall–Kier alpha value is -2.01. The van der Waals surface area contributed by atoms with Crippen molar-refractivity contribution in [2.45, 2.75) is 13.0 Å². The molecule has 3 rings (SSSR count). The molecule has 0 saturated heterocycles. The molecular formula is C15H12F2N2S. The Balaban J connectivity index is 1.89. The fourth-order valence-corrected chi connectivity index (χ4v) is 2.96. The number of fused-ring (bicyclic) bond motifs is 1. The van der Waals surface area contributed by atoms with Crippen LogP contribution in [0.1, 0.15) is 18.0 Å². The minimum Gasteiger partial charge on any atom is -0.374 e. The molecule has 0 amide bonds. The number of aromatic nitrogens is 1. The van der Waals surface area contributed by atoms with Crippen LogP contribution in [-0.4, -0.2) is 4.98 Å². The first-order valence-corrected chi connectivity index (χ1v) is 7.03. The summed E-state index contributed by atoms with van der Waals surface area (Å²) < 4.78 is 27.9. The van der Waals surface area contributed by atoms with Gasteiger partial charge in [-0.15, -0.1) is 11.3 Å². The van der Waals surface area contributed by atoms with Gasteiger partial charge in [0.1, 0.15) is 5.01 Å². The number of nitrogens with one attached hydrogen (secondary N) is 1. The summed E-state index contributed by atoms with van der Waals surface area (Å²) in [6, 6.07) is 11.7. The van der Waals surface area contributed by atoms with Crippen LogP contribution in [0.25, 0.3) is 10.2 Å². The standard InChI is InChI=1S/C15H12F2N2S/c1-9(18-12-7-4-5-10(16)14(12)17)15-19-11-6-2-3-8-13(11)20-15/h2-9,18H,1H3. The molecule has 0 saturated carbocycles. The van der Waals surface area contributed by atoms with E-state index in [0.29, 0.717) is 0 Å². The molecule has 1 aromatic heterocycles. The van der Waals surface area contributed by atoms with Gasteiger partial charge in [-0.3, -0.25) is 0 Å². The summed E-state index contributed by atoms with van der Waals surface area (Å²) in [5.41, 5.74) is 1.07. The summed E-state index contributed by atoms with van der Waals surface area (Å²) in [6.07, 6.45) is 0. The number of nitrogens with zero attached hydrogens (tertiary/aromatic N) is 1. The fourth-order valence-electron chi connectivity index (χ4n) is 1.99. The molecule has 1 heterocycles. The highest BCUT2D eigenvalue weighted by Crippen LogP contribution is 2.29. The Morgan fingerprint density at radius 2 is 1.90 bits per heavy atom. The van der Waals surface area contributed by atoms with E-state index in [1.807, 2.05) is 31.2 Å². The maximum atomic E-state index is 13.6. The van der Waals surface area contributed by atoms with E-state index in [-0.39, 0.29) is 11.7 Å². The smallest absolute Gasteiger partial charge is 0.181 e. The summed E-state index contributed by atoms with van der Waals surface area (Å²) in [7, 11) is 0. The second-order valence-corrected chi connectivity index (χ2v) is 5.55. The summed E-state index contributed by atoms with van der Waals surface area (Å²) in [6.45, 7) is 1.88. The Morgan fingerprint density at radius 1 is 1.10 bits per heavy atom. The van der Waals surface area contributed by atoms with Gasteiger partial charge in [0, 0.05) is 0 Å². The predicted octanol–water partition coefficient (Wildman–Crippen LogP) is 4.75. The minimum absolute atomic E-state index is 0.150. The number of thiazole rings is 1. The molecule has 0 aliphatic rings. The number of hydrogen-bond donors (Lipinski definition) is 1. The molecule has 1 atom stereocenters. The van der Waals surface area contributed by atoms with Crippen LogP contribution in [0.3, 0.4) is 0 Å². The Labute approximate surface area is 119 Å². The molecular weight excluding hydrogens is 278 g/mol. The first-order valence-electron chi connectivity index (χ1n) is 6.21. The number of benzene rings is 2. The maximum Gasteiger partial charge on any atom is 0.181 e. The quantitative estimate of drug-likeness (QED) is 0.753. The van der Waals surface area contributed by atoms with E-state index in [9.17, 15) is 8.78 Å². The van der Waals surface area contributed by atoms with Crippen molar-refractivity contribution in [3.63, 3.8) is 0 Å². The third-order valence-electron chi connectivity index (χ3n) is 3.00. The van der Waals surface area contributed by atoms with Crippen molar-refractivity contribution in [2.75, 3.05) is 5.32 Å². The molecule has 0 bridgehead atoms. The van der Waals surface area contributed by atoms with Crippen LogP contribution in [0.15, 0.2) is 42.5 Å². The SMILES string of the molecule is CC(Nc1cccc(F)c1F)c1nc2ccccc2s1. The number of halogens is 2. The van der Waals surface area contributed by atoms with Gasteiger partial charge in [0.15, 0.2) is 11.6 Å². The zero-order valence-corrected chi connectivity index (χ0v) is 11.5. The zero-order chi connectivity index (χ0) is 14.1. The Bertz CT molecular complexity index is 721. The topological polar surface area (TPSA) is 24.9 Å². The van der Waals surface area contributed by atoms with Crippen molar-refractivity contribution >= 4 is 27.2 Å². The van der Waals surface area contributed by atoms with Gasteiger partial charge >= 0.3 is 0 Å². The average molecular weight is 290 g/mol. The van der Waals surface area contributed by atoms with E-state index in [2.05, 4.69) is 10.3 Å². The second kappa shape index (κ2) is 5.17. The molecule has 1 unspecified atom stereocenters. The maximum absolute atomic E-state index is 13.6. The Kier molecular flexibility index (Phi) is 3.36. The van der Waals surface area contributed by atoms with Crippen molar-refractivity contribution in [1.82, 2.24) is 4.98 Å². The number of para-hydroxylation sites is 1. The number of rotatable bonds is 3. The van der Waals surface area contributed by atoms with E-state index in [1.165, 1.54) is 12.1 Å². The third-order valence-corrected chi connectivity index (χ3v) is 4.22. The molecule has 2 aromatic carbocycles. The van der Waals surface area contributed by atoms with Gasteiger partial charge in [0.2, 0.25) is 0 Å². The Morgan fingerprint density at radius 3 is 2.70 bits per heavy atom. The van der Waals surface area contributed by atoms with Crippen LogP contribution < -0.4 is 5.32 Å². The highest BCUT2D eigenvalue weighted by molar-refractivity contribution is 7.18. The molecule has 20 heavy (non-hydrogen) atoms. The van der Waals surface area contributed by atoms with E-state index in [0.717, 1.165) is 21.3 Å². The zero-order valence-electron chi connectivity index (χ0n) is 10.7. The summed E-state index contributed by atoms with van der Waals surface area (Å²) >= 11 is 1.54. The monoisotopic (exact) mass is 290 g/mol. The molecule has 5 heteroatoms. The number of hydrogen-bond acceptors (Lipinski definition) is 3. The molecule has 3 aromatic rings. The predicted molar refractivity (Wildman–Crippen MR) is 78.0 cm³/mol. The molecule has 0 aliphatic carbocycles. The van der Waals surface area contributed by atoms with Crippen LogP contribution in [0.4, 0.5) is 14.5 Å². The van der Waals surface area contributed by atoms with Crippen LogP contribution in [-0.2, 0) is 0 Å². The molecule has 1 N–H and O–H groups in total. The molecule has 0 aliphatic heterocycles. The summed E-state index contributed by atoms with van der Waals surface area (Å²) in [5, 5.41) is 3.80. The molecule has 102 valence electrons. The van der Waals surface area contributed by atoms with Gasteiger partial charge < -0.3 is 5.32 Å². The lowest BCUT2D eigenvalue weighted by atomic mass is 10.2. The minimum atomic E-state index is -0.861. The van der Waals surface area contributed by atoms with Gasteiger partial charge in [0.05, 0.1) is 21.9 Å². The van der Waals surface area contributed by atoms with Crippen molar-refractivity contribution in [3.8, 4) is 0 Å². The lowest BCUT2D eigenvalue weighted by Crippen LogP contribution is -2.08. The highest BCUT2D eigenvalue weighted by atomic mass is 32.1. The first-order chi connectivity index (χ1) is 9.65. The fraction of sp³-hybridized carbons (Fsp3) is 0.133. The lowest BCUT2D eigenvalue weighted by Gasteiger charge is -2.13. The van der Waals surface area contributed by atoms with E-state index in [4.69, 9.17) is 0 Å². The van der Waals surface area contributed by atoms with Crippen LogP contribution in [0.5, 0.6) is 0 Å². The largest absolute Gasteiger partial charge is 0.374 e. The lowest BCUT2D eigenvalue weighted by molar-refractivity contribution is 0.510. The van der Waals surface area contributed by atoms with Crippen LogP contribution in [0.2, 0.25) is 0 Å². The normalized spacial score (nSPS) is 12.6. The second-order valence-electron chi connectivity index (χ2n) is 4.49. The summed E-state index contributed by atoms with van der Waals surface area (Å²) in [5.74, 6) is -1.72. The summed E-state index contributed by atoms with van der Waals surface area (Å²) in [4.78, 5) is 4.50. The van der Waals surface area contributed by atoms with Crippen LogP contribution >= 0.6 is 11.3 Å². The van der Waals surface area contributed by atoms with E-state index >= 15 is 0 Å². The van der Waals surface area contributed by atoms with Gasteiger partial charge in [-0.25, -0.2) is 13.8 Å². The van der Waals surface area contributed by atoms with Gasteiger partial charge in [-0.1, -0.05) is 18.2 Å². The number of anilines is 1.